The molecule has 0 aromatic rings. The lowest BCUT2D eigenvalue weighted by molar-refractivity contribution is -0.140. The standard InChI is InChI=1S/C21H35NO4/c1-3-4-7-12-19(23)16-15-18-11-10-13-20(24)22(18)17-9-6-5-8-14-21(25)26-2/h15-16,18H,3-14,17H2,1-2H3/t18-/m1/s1. The minimum atomic E-state index is -0.162. The maximum absolute atomic E-state index is 12.3. The van der Waals surface area contributed by atoms with Crippen molar-refractivity contribution >= 4 is 17.7 Å². The van der Waals surface area contributed by atoms with Gasteiger partial charge in [-0.3, -0.25) is 14.4 Å². The van der Waals surface area contributed by atoms with Gasteiger partial charge in [0.25, 0.3) is 0 Å². The Balaban J connectivity index is 2.36. The lowest BCUT2D eigenvalue weighted by Crippen LogP contribution is -2.43. The molecule has 5 heteroatoms. The zero-order valence-electron chi connectivity index (χ0n) is 16.5. The second-order valence-electron chi connectivity index (χ2n) is 7.07. The molecule has 0 unspecified atom stereocenters. The van der Waals surface area contributed by atoms with Crippen molar-refractivity contribution in [3.8, 4) is 0 Å². The van der Waals surface area contributed by atoms with Crippen molar-refractivity contribution in [3.63, 3.8) is 0 Å². The van der Waals surface area contributed by atoms with Gasteiger partial charge in [0.1, 0.15) is 0 Å². The lowest BCUT2D eigenvalue weighted by atomic mass is 9.99. The molecule has 0 aromatic carbocycles. The normalized spacial score (nSPS) is 17.7. The largest absolute Gasteiger partial charge is 0.469 e. The molecule has 0 bridgehead atoms. The molecule has 5 nitrogen and oxygen atoms in total. The third kappa shape index (κ3) is 9.16. The van der Waals surface area contributed by atoms with Gasteiger partial charge < -0.3 is 9.64 Å². The Labute approximate surface area is 158 Å². The molecule has 1 heterocycles. The highest BCUT2D eigenvalue weighted by molar-refractivity contribution is 5.89. The van der Waals surface area contributed by atoms with E-state index in [-0.39, 0.29) is 23.7 Å². The number of esters is 1. The van der Waals surface area contributed by atoms with Crippen molar-refractivity contribution in [3.05, 3.63) is 12.2 Å². The molecule has 26 heavy (non-hydrogen) atoms. The predicted octanol–water partition coefficient (Wildman–Crippen LogP) is 4.20. The molecule has 1 atom stereocenters. The van der Waals surface area contributed by atoms with Gasteiger partial charge in [0, 0.05) is 25.8 Å². The van der Waals surface area contributed by atoms with E-state index in [1.165, 1.54) is 7.11 Å². The number of methoxy groups -OCH3 is 1. The fourth-order valence-corrected chi connectivity index (χ4v) is 3.30. The van der Waals surface area contributed by atoms with Gasteiger partial charge in [-0.2, -0.15) is 0 Å². The Kier molecular flexibility index (Phi) is 11.7. The summed E-state index contributed by atoms with van der Waals surface area (Å²) in [6, 6.07) is 0.0569. The van der Waals surface area contributed by atoms with Crippen molar-refractivity contribution in [2.75, 3.05) is 13.7 Å². The molecule has 0 N–H and O–H groups in total. The van der Waals surface area contributed by atoms with Crippen LogP contribution in [0.15, 0.2) is 12.2 Å². The van der Waals surface area contributed by atoms with Crippen LogP contribution in [0.4, 0.5) is 0 Å². The number of hydrogen-bond acceptors (Lipinski definition) is 4. The van der Waals surface area contributed by atoms with Gasteiger partial charge in [0.2, 0.25) is 5.91 Å². The second kappa shape index (κ2) is 13.5. The van der Waals surface area contributed by atoms with Gasteiger partial charge in [0.15, 0.2) is 5.78 Å². The van der Waals surface area contributed by atoms with Crippen LogP contribution in [0.25, 0.3) is 0 Å². The number of hydrogen-bond donors (Lipinski definition) is 0. The summed E-state index contributed by atoms with van der Waals surface area (Å²) in [7, 11) is 1.41. The number of likely N-dealkylation sites (tertiary alicyclic amines) is 1. The Morgan fingerprint density at radius 3 is 2.58 bits per heavy atom. The Morgan fingerprint density at radius 2 is 1.85 bits per heavy atom. The molecule has 1 aliphatic heterocycles. The highest BCUT2D eigenvalue weighted by Crippen LogP contribution is 2.20. The Bertz CT molecular complexity index is 473. The van der Waals surface area contributed by atoms with Gasteiger partial charge in [-0.25, -0.2) is 0 Å². The van der Waals surface area contributed by atoms with Crippen LogP contribution < -0.4 is 0 Å². The molecular formula is C21H35NO4. The molecule has 1 aliphatic rings. The van der Waals surface area contributed by atoms with Crippen LogP contribution in [0.2, 0.25) is 0 Å². The summed E-state index contributed by atoms with van der Waals surface area (Å²) in [6.07, 6.45) is 14.0. The van der Waals surface area contributed by atoms with E-state index < -0.39 is 0 Å². The number of piperidine rings is 1. The number of carbonyl (C=O) groups is 3. The van der Waals surface area contributed by atoms with Crippen molar-refractivity contribution < 1.29 is 19.1 Å². The maximum Gasteiger partial charge on any atom is 0.305 e. The van der Waals surface area contributed by atoms with Crippen LogP contribution in [0.1, 0.15) is 84.0 Å². The highest BCUT2D eigenvalue weighted by Gasteiger charge is 2.25. The van der Waals surface area contributed by atoms with Crippen molar-refractivity contribution in [1.82, 2.24) is 4.90 Å². The molecule has 148 valence electrons. The van der Waals surface area contributed by atoms with Gasteiger partial charge in [-0.1, -0.05) is 38.7 Å². The van der Waals surface area contributed by atoms with Crippen LogP contribution in [-0.2, 0) is 19.1 Å². The summed E-state index contributed by atoms with van der Waals surface area (Å²) in [6.45, 7) is 2.86. The number of amides is 1. The monoisotopic (exact) mass is 365 g/mol. The Morgan fingerprint density at radius 1 is 1.12 bits per heavy atom. The van der Waals surface area contributed by atoms with E-state index in [0.717, 1.165) is 64.3 Å². The van der Waals surface area contributed by atoms with E-state index in [4.69, 9.17) is 0 Å². The highest BCUT2D eigenvalue weighted by atomic mass is 16.5. The molecule has 0 radical (unpaired) electrons. The quantitative estimate of drug-likeness (QED) is 0.279. The topological polar surface area (TPSA) is 63.7 Å². The average Bonchev–Trinajstić information content (AvgIpc) is 2.64. The number of allylic oxidation sites excluding steroid dienone is 1. The zero-order valence-corrected chi connectivity index (χ0v) is 16.5. The van der Waals surface area contributed by atoms with Crippen molar-refractivity contribution in [2.45, 2.75) is 90.0 Å². The van der Waals surface area contributed by atoms with Gasteiger partial charge in [0.05, 0.1) is 13.2 Å². The van der Waals surface area contributed by atoms with Crippen LogP contribution in [-0.4, -0.2) is 42.3 Å². The van der Waals surface area contributed by atoms with Crippen LogP contribution in [0.5, 0.6) is 0 Å². The number of unbranched alkanes of at least 4 members (excludes halogenated alkanes) is 5. The summed E-state index contributed by atoms with van der Waals surface area (Å²) in [5.74, 6) is 0.197. The molecule has 0 spiro atoms. The average molecular weight is 366 g/mol. The third-order valence-electron chi connectivity index (χ3n) is 4.90. The van der Waals surface area contributed by atoms with E-state index in [9.17, 15) is 14.4 Å². The first-order valence-electron chi connectivity index (χ1n) is 10.2. The lowest BCUT2D eigenvalue weighted by Gasteiger charge is -2.34. The number of rotatable bonds is 13. The van der Waals surface area contributed by atoms with E-state index in [1.54, 1.807) is 6.08 Å². The molecule has 0 aliphatic carbocycles. The van der Waals surface area contributed by atoms with Gasteiger partial charge in [-0.15, -0.1) is 0 Å². The summed E-state index contributed by atoms with van der Waals surface area (Å²) in [4.78, 5) is 37.2. The molecule has 1 rings (SSSR count). The first-order valence-corrected chi connectivity index (χ1v) is 10.2. The number of nitrogens with zero attached hydrogens (tertiary/aromatic N) is 1. The molecule has 1 fully saturated rings. The first-order chi connectivity index (χ1) is 12.6. The fraction of sp³-hybridized carbons (Fsp3) is 0.762. The molecule has 0 saturated carbocycles. The minimum absolute atomic E-state index is 0.0569. The third-order valence-corrected chi connectivity index (χ3v) is 4.90. The zero-order chi connectivity index (χ0) is 19.2. The van der Waals surface area contributed by atoms with Crippen LogP contribution in [0.3, 0.4) is 0 Å². The smallest absolute Gasteiger partial charge is 0.305 e. The summed E-state index contributed by atoms with van der Waals surface area (Å²) in [5, 5.41) is 0. The van der Waals surface area contributed by atoms with E-state index in [2.05, 4.69) is 11.7 Å². The van der Waals surface area contributed by atoms with Gasteiger partial charge in [-0.05, 0) is 38.2 Å². The Hall–Kier alpha value is -1.65. The maximum atomic E-state index is 12.3. The SMILES string of the molecule is CCCCCC(=O)C=C[C@H]1CCCC(=O)N1CCCCCCC(=O)OC. The molecule has 1 amide bonds. The number of carbonyl (C=O) groups excluding carboxylic acids is 3. The van der Waals surface area contributed by atoms with Crippen molar-refractivity contribution in [1.29, 1.82) is 0 Å². The number of ether oxygens (including phenoxy) is 1. The first kappa shape index (κ1) is 22.4. The minimum Gasteiger partial charge on any atom is -0.469 e. The summed E-state index contributed by atoms with van der Waals surface area (Å²) >= 11 is 0. The second-order valence-corrected chi connectivity index (χ2v) is 7.07. The molecule has 1 saturated heterocycles. The van der Waals surface area contributed by atoms with E-state index in [1.807, 2.05) is 11.0 Å². The predicted molar refractivity (Wildman–Crippen MR) is 103 cm³/mol. The van der Waals surface area contributed by atoms with Crippen molar-refractivity contribution in [2.24, 2.45) is 0 Å². The molecular weight excluding hydrogens is 330 g/mol. The summed E-state index contributed by atoms with van der Waals surface area (Å²) < 4.78 is 4.63. The van der Waals surface area contributed by atoms with E-state index in [0.29, 0.717) is 19.3 Å². The van der Waals surface area contributed by atoms with E-state index >= 15 is 0 Å². The van der Waals surface area contributed by atoms with Gasteiger partial charge >= 0.3 is 5.97 Å². The van der Waals surface area contributed by atoms with Crippen LogP contribution >= 0.6 is 0 Å². The number of ketones is 1. The summed E-state index contributed by atoms with van der Waals surface area (Å²) in [5.41, 5.74) is 0. The molecule has 0 aromatic heterocycles. The van der Waals surface area contributed by atoms with Crippen LogP contribution in [0, 0.1) is 0 Å². The fourth-order valence-electron chi connectivity index (χ4n) is 3.30.